The van der Waals surface area contributed by atoms with Gasteiger partial charge < -0.3 is 5.11 Å². The number of aliphatic hydroxyl groups excluding tert-OH is 1. The highest BCUT2D eigenvalue weighted by Gasteiger charge is 2.15. The molecule has 0 bridgehead atoms. The van der Waals surface area contributed by atoms with Crippen LogP contribution < -0.4 is 5.56 Å². The largest absolute Gasteiger partial charge is 0.387 e. The zero-order valence-electron chi connectivity index (χ0n) is 12.3. The number of aliphatic hydroxyl groups is 1. The average molecular weight is 305 g/mol. The minimum atomic E-state index is -0.756. The summed E-state index contributed by atoms with van der Waals surface area (Å²) >= 11 is 0. The van der Waals surface area contributed by atoms with Crippen LogP contribution in [0.25, 0.3) is 16.6 Å². The lowest BCUT2D eigenvalue weighted by Gasteiger charge is -2.15. The first kappa shape index (κ1) is 13.7. The molecule has 0 saturated heterocycles. The van der Waals surface area contributed by atoms with Gasteiger partial charge >= 0.3 is 0 Å². The van der Waals surface area contributed by atoms with E-state index in [4.69, 9.17) is 0 Å². The van der Waals surface area contributed by atoms with Crippen LogP contribution in [-0.4, -0.2) is 19.1 Å². The van der Waals surface area contributed by atoms with Crippen molar-refractivity contribution in [2.45, 2.75) is 12.6 Å². The first-order valence-corrected chi connectivity index (χ1v) is 7.42. The zero-order chi connectivity index (χ0) is 15.8. The predicted molar refractivity (Wildman–Crippen MR) is 88.4 cm³/mol. The molecule has 0 spiro atoms. The monoisotopic (exact) mass is 305 g/mol. The second-order valence-corrected chi connectivity index (χ2v) is 5.48. The van der Waals surface area contributed by atoms with Crippen molar-refractivity contribution >= 4 is 16.6 Å². The molecule has 5 heteroatoms. The summed E-state index contributed by atoms with van der Waals surface area (Å²) in [6, 6.07) is 16.8. The molecular weight excluding hydrogens is 290 g/mol. The van der Waals surface area contributed by atoms with Crippen LogP contribution in [0.4, 0.5) is 0 Å². The molecule has 2 heterocycles. The Balaban J connectivity index is 1.90. The number of aromatic nitrogens is 3. The molecule has 0 fully saturated rings. The second-order valence-electron chi connectivity index (χ2n) is 5.48. The number of imidazole rings is 1. The Morgan fingerprint density at radius 1 is 1.04 bits per heavy atom. The number of rotatable bonds is 3. The SMILES string of the molecule is O=c1c2ccccc2n2cncc2n1CC(O)c1ccccc1. The van der Waals surface area contributed by atoms with Gasteiger partial charge in [-0.3, -0.25) is 13.8 Å². The maximum absolute atomic E-state index is 12.8. The fraction of sp³-hybridized carbons (Fsp3) is 0.111. The minimum Gasteiger partial charge on any atom is -0.387 e. The maximum Gasteiger partial charge on any atom is 0.261 e. The van der Waals surface area contributed by atoms with E-state index in [-0.39, 0.29) is 12.1 Å². The lowest BCUT2D eigenvalue weighted by molar-refractivity contribution is 0.156. The zero-order valence-corrected chi connectivity index (χ0v) is 12.3. The second kappa shape index (κ2) is 5.37. The molecule has 23 heavy (non-hydrogen) atoms. The number of fused-ring (bicyclic) bond motifs is 3. The summed E-state index contributed by atoms with van der Waals surface area (Å²) in [6.45, 7) is 0.183. The van der Waals surface area contributed by atoms with E-state index >= 15 is 0 Å². The summed E-state index contributed by atoms with van der Waals surface area (Å²) in [6.07, 6.45) is 2.57. The summed E-state index contributed by atoms with van der Waals surface area (Å²) < 4.78 is 3.45. The molecule has 0 aliphatic rings. The van der Waals surface area contributed by atoms with Gasteiger partial charge in [0.25, 0.3) is 5.56 Å². The Morgan fingerprint density at radius 2 is 1.78 bits per heavy atom. The molecule has 0 amide bonds. The van der Waals surface area contributed by atoms with E-state index in [2.05, 4.69) is 4.98 Å². The quantitative estimate of drug-likeness (QED) is 0.632. The van der Waals surface area contributed by atoms with Crippen molar-refractivity contribution in [3.63, 3.8) is 0 Å². The molecule has 5 nitrogen and oxygen atoms in total. The molecule has 114 valence electrons. The molecule has 4 aromatic rings. The molecule has 0 aliphatic carbocycles. The molecule has 4 rings (SSSR count). The van der Waals surface area contributed by atoms with E-state index in [9.17, 15) is 9.90 Å². The van der Waals surface area contributed by atoms with Gasteiger partial charge in [-0.25, -0.2) is 4.98 Å². The standard InChI is InChI=1S/C18H15N3O2/c22-16(13-6-2-1-3-7-13)11-20-17-10-19-12-21(17)15-9-5-4-8-14(15)18(20)23/h1-10,12,16,22H,11H2. The highest BCUT2D eigenvalue weighted by molar-refractivity contribution is 5.80. The van der Waals surface area contributed by atoms with Gasteiger partial charge in [0.1, 0.15) is 12.0 Å². The van der Waals surface area contributed by atoms with Crippen molar-refractivity contribution in [2.24, 2.45) is 0 Å². The molecule has 2 aromatic heterocycles. The van der Waals surface area contributed by atoms with Gasteiger partial charge in [0.05, 0.1) is 29.7 Å². The van der Waals surface area contributed by atoms with E-state index in [1.54, 1.807) is 23.2 Å². The third-order valence-corrected chi connectivity index (χ3v) is 4.07. The Morgan fingerprint density at radius 3 is 2.61 bits per heavy atom. The lowest BCUT2D eigenvalue weighted by Crippen LogP contribution is -2.25. The number of benzene rings is 2. The van der Waals surface area contributed by atoms with Crippen LogP contribution >= 0.6 is 0 Å². The predicted octanol–water partition coefficient (Wildman–Crippen LogP) is 2.38. The Labute approximate surface area is 132 Å². The molecule has 0 radical (unpaired) electrons. The van der Waals surface area contributed by atoms with Crippen molar-refractivity contribution in [1.29, 1.82) is 0 Å². The van der Waals surface area contributed by atoms with Crippen LogP contribution in [0.5, 0.6) is 0 Å². The first-order valence-electron chi connectivity index (χ1n) is 7.42. The summed E-state index contributed by atoms with van der Waals surface area (Å²) in [4.78, 5) is 17.0. The van der Waals surface area contributed by atoms with Crippen molar-refractivity contribution in [3.05, 3.63) is 83.0 Å². The first-order chi connectivity index (χ1) is 11.3. The molecule has 1 atom stereocenters. The molecule has 1 N–H and O–H groups in total. The maximum atomic E-state index is 12.8. The van der Waals surface area contributed by atoms with Crippen LogP contribution in [0.3, 0.4) is 0 Å². The number of para-hydroxylation sites is 1. The molecule has 2 aromatic carbocycles. The smallest absolute Gasteiger partial charge is 0.261 e. The Bertz CT molecular complexity index is 1030. The van der Waals surface area contributed by atoms with Crippen LogP contribution in [-0.2, 0) is 6.54 Å². The van der Waals surface area contributed by atoms with E-state index in [1.165, 1.54) is 0 Å². The van der Waals surface area contributed by atoms with E-state index in [1.807, 2.05) is 52.9 Å². The highest BCUT2D eigenvalue weighted by atomic mass is 16.3. The van der Waals surface area contributed by atoms with E-state index in [0.29, 0.717) is 11.0 Å². The summed E-state index contributed by atoms with van der Waals surface area (Å²) in [5.41, 5.74) is 2.15. The van der Waals surface area contributed by atoms with Gasteiger partial charge in [-0.1, -0.05) is 42.5 Å². The Kier molecular flexibility index (Phi) is 3.20. The van der Waals surface area contributed by atoms with Gasteiger partial charge in [0.15, 0.2) is 0 Å². The number of nitrogens with zero attached hydrogens (tertiary/aromatic N) is 3. The van der Waals surface area contributed by atoms with Gasteiger partial charge in [0.2, 0.25) is 0 Å². The lowest BCUT2D eigenvalue weighted by atomic mass is 10.1. The van der Waals surface area contributed by atoms with Crippen LogP contribution in [0.15, 0.2) is 71.9 Å². The normalized spacial score (nSPS) is 12.7. The van der Waals surface area contributed by atoms with Crippen LogP contribution in [0, 0.1) is 0 Å². The van der Waals surface area contributed by atoms with Crippen molar-refractivity contribution < 1.29 is 5.11 Å². The molecule has 1 unspecified atom stereocenters. The fourth-order valence-electron chi connectivity index (χ4n) is 2.92. The highest BCUT2D eigenvalue weighted by Crippen LogP contribution is 2.18. The third-order valence-electron chi connectivity index (χ3n) is 4.07. The van der Waals surface area contributed by atoms with Crippen LogP contribution in [0.2, 0.25) is 0 Å². The van der Waals surface area contributed by atoms with Crippen LogP contribution in [0.1, 0.15) is 11.7 Å². The van der Waals surface area contributed by atoms with Crippen molar-refractivity contribution in [3.8, 4) is 0 Å². The average Bonchev–Trinajstić information content (AvgIpc) is 3.09. The minimum absolute atomic E-state index is 0.122. The van der Waals surface area contributed by atoms with Gasteiger partial charge in [0, 0.05) is 0 Å². The van der Waals surface area contributed by atoms with Crippen molar-refractivity contribution in [2.75, 3.05) is 0 Å². The number of hydrogen-bond acceptors (Lipinski definition) is 3. The van der Waals surface area contributed by atoms with Gasteiger partial charge in [-0.15, -0.1) is 0 Å². The van der Waals surface area contributed by atoms with E-state index < -0.39 is 6.10 Å². The summed E-state index contributed by atoms with van der Waals surface area (Å²) in [5, 5.41) is 11.1. The molecule has 0 aliphatic heterocycles. The van der Waals surface area contributed by atoms with Gasteiger partial charge in [-0.2, -0.15) is 0 Å². The topological polar surface area (TPSA) is 59.5 Å². The molecular formula is C18H15N3O2. The summed E-state index contributed by atoms with van der Waals surface area (Å²) in [5.74, 6) is 0. The summed E-state index contributed by atoms with van der Waals surface area (Å²) in [7, 11) is 0. The number of hydrogen-bond donors (Lipinski definition) is 1. The third kappa shape index (κ3) is 2.22. The Hall–Kier alpha value is -2.92. The van der Waals surface area contributed by atoms with Crippen molar-refractivity contribution in [1.82, 2.24) is 14.0 Å². The fourth-order valence-corrected chi connectivity index (χ4v) is 2.92. The molecule has 0 saturated carbocycles. The van der Waals surface area contributed by atoms with E-state index in [0.717, 1.165) is 11.1 Å². The van der Waals surface area contributed by atoms with Gasteiger partial charge in [-0.05, 0) is 17.7 Å².